The number of aryl methyl sites for hydroxylation is 1. The van der Waals surface area contributed by atoms with Gasteiger partial charge in [0.1, 0.15) is 12.4 Å². The van der Waals surface area contributed by atoms with E-state index in [1.165, 1.54) is 17.0 Å². The van der Waals surface area contributed by atoms with Gasteiger partial charge in [-0.2, -0.15) is 18.3 Å². The Hall–Kier alpha value is -3.62. The second kappa shape index (κ2) is 10.8. The first-order valence-electron chi connectivity index (χ1n) is 12.1. The number of halogens is 3. The Labute approximate surface area is 215 Å². The average Bonchev–Trinajstić information content (AvgIpc) is 3.22. The lowest BCUT2D eigenvalue weighted by Gasteiger charge is -2.24. The van der Waals surface area contributed by atoms with Crippen molar-refractivity contribution < 1.29 is 22.8 Å². The van der Waals surface area contributed by atoms with Gasteiger partial charge in [0.15, 0.2) is 0 Å². The predicted octanol–water partition coefficient (Wildman–Crippen LogP) is 6.23. The van der Waals surface area contributed by atoms with Gasteiger partial charge in [-0.15, -0.1) is 0 Å². The molecule has 1 aromatic heterocycles. The number of benzene rings is 2. The minimum absolute atomic E-state index is 0.00636. The maximum absolute atomic E-state index is 13.2. The topological polar surface area (TPSA) is 67.2 Å². The molecule has 3 aromatic rings. The molecule has 0 atom stereocenters. The van der Waals surface area contributed by atoms with Crippen LogP contribution in [0, 0.1) is 12.8 Å². The summed E-state index contributed by atoms with van der Waals surface area (Å²) in [5, 5.41) is 7.54. The number of nitrogens with one attached hydrogen (secondary N) is 1. The number of alkyl halides is 3. The fourth-order valence-electron chi connectivity index (χ4n) is 3.75. The summed E-state index contributed by atoms with van der Waals surface area (Å²) in [6, 6.07) is 13.7. The third-order valence-electron chi connectivity index (χ3n) is 5.67. The monoisotopic (exact) mass is 514 g/mol. The van der Waals surface area contributed by atoms with E-state index in [9.17, 15) is 22.8 Å². The second-order valence-corrected chi connectivity index (χ2v) is 10.6. The summed E-state index contributed by atoms with van der Waals surface area (Å²) in [6.07, 6.45) is -4.57. The van der Waals surface area contributed by atoms with Gasteiger partial charge in [0.25, 0.3) is 5.91 Å². The zero-order valence-corrected chi connectivity index (χ0v) is 22.0. The van der Waals surface area contributed by atoms with Gasteiger partial charge in [0, 0.05) is 23.6 Å². The van der Waals surface area contributed by atoms with E-state index in [2.05, 4.69) is 5.32 Å². The molecule has 6 nitrogen and oxygen atoms in total. The summed E-state index contributed by atoms with van der Waals surface area (Å²) in [7, 11) is 0. The highest BCUT2D eigenvalue weighted by Gasteiger charge is 2.32. The molecule has 1 heterocycles. The van der Waals surface area contributed by atoms with Crippen molar-refractivity contribution in [1.82, 2.24) is 14.7 Å². The van der Waals surface area contributed by atoms with Crippen LogP contribution in [0.3, 0.4) is 0 Å². The minimum Gasteiger partial charge on any atom is -0.329 e. The molecule has 2 amide bonds. The molecule has 198 valence electrons. The molecule has 37 heavy (non-hydrogen) atoms. The second-order valence-electron chi connectivity index (χ2n) is 10.6. The van der Waals surface area contributed by atoms with Gasteiger partial charge in [-0.05, 0) is 43.2 Å². The molecule has 0 saturated carbocycles. The van der Waals surface area contributed by atoms with Crippen LogP contribution in [-0.2, 0) is 16.4 Å². The van der Waals surface area contributed by atoms with Gasteiger partial charge >= 0.3 is 6.18 Å². The molecule has 9 heteroatoms. The van der Waals surface area contributed by atoms with Crippen LogP contribution in [0.25, 0.3) is 5.69 Å². The van der Waals surface area contributed by atoms with Gasteiger partial charge in [-0.25, -0.2) is 4.68 Å². The van der Waals surface area contributed by atoms with E-state index in [1.54, 1.807) is 10.7 Å². The van der Waals surface area contributed by atoms with E-state index in [4.69, 9.17) is 5.10 Å². The van der Waals surface area contributed by atoms with Crippen molar-refractivity contribution in [3.05, 3.63) is 77.0 Å². The normalized spacial score (nSPS) is 12.1. The van der Waals surface area contributed by atoms with E-state index >= 15 is 0 Å². The largest absolute Gasteiger partial charge is 0.416 e. The molecular formula is C28H33F3N4O2. The molecule has 0 unspecified atom stereocenters. The summed E-state index contributed by atoms with van der Waals surface area (Å²) in [6.45, 7) is 11.6. The first kappa shape index (κ1) is 28.0. The smallest absolute Gasteiger partial charge is 0.329 e. The van der Waals surface area contributed by atoms with Crippen LogP contribution >= 0.6 is 0 Å². The van der Waals surface area contributed by atoms with Crippen molar-refractivity contribution >= 4 is 17.6 Å². The Morgan fingerprint density at radius 2 is 1.68 bits per heavy atom. The average molecular weight is 515 g/mol. The number of nitrogens with zero attached hydrogens (tertiary/aromatic N) is 3. The summed E-state index contributed by atoms with van der Waals surface area (Å²) in [5.41, 5.74) is 1.29. The number of carbonyl (C=O) groups excluding carboxylic acids is 2. The highest BCUT2D eigenvalue weighted by molar-refractivity contribution is 5.99. The van der Waals surface area contributed by atoms with Gasteiger partial charge in [0.2, 0.25) is 5.91 Å². The molecule has 1 N–H and O–H groups in total. The van der Waals surface area contributed by atoms with Crippen molar-refractivity contribution in [1.29, 1.82) is 0 Å². The first-order chi connectivity index (χ1) is 17.1. The first-order valence-corrected chi connectivity index (χ1v) is 12.1. The summed E-state index contributed by atoms with van der Waals surface area (Å²) >= 11 is 0. The van der Waals surface area contributed by atoms with Crippen LogP contribution in [0.5, 0.6) is 0 Å². The molecule has 0 bridgehead atoms. The molecule has 0 aliphatic rings. The number of rotatable bonds is 7. The van der Waals surface area contributed by atoms with E-state index < -0.39 is 23.6 Å². The Kier molecular flexibility index (Phi) is 8.15. The fraction of sp³-hybridized carbons (Fsp3) is 0.393. The molecule has 0 radical (unpaired) electrons. The van der Waals surface area contributed by atoms with Gasteiger partial charge in [-0.1, -0.05) is 58.4 Å². The lowest BCUT2D eigenvalue weighted by Crippen LogP contribution is -2.40. The molecule has 0 spiro atoms. The van der Waals surface area contributed by atoms with Crippen molar-refractivity contribution in [2.45, 2.75) is 53.1 Å². The highest BCUT2D eigenvalue weighted by Crippen LogP contribution is 2.30. The fourth-order valence-corrected chi connectivity index (χ4v) is 3.75. The quantitative estimate of drug-likeness (QED) is 0.406. The van der Waals surface area contributed by atoms with E-state index in [1.807, 2.05) is 65.8 Å². The molecule has 0 aliphatic carbocycles. The SMILES string of the molecule is Cc1ccc(-n2nc(C(C)(C)C)cc2NC(=O)CN(CC(C)C)C(=O)c2cccc(C(F)(F)F)c2)cc1. The summed E-state index contributed by atoms with van der Waals surface area (Å²) in [4.78, 5) is 27.6. The number of hydrogen-bond acceptors (Lipinski definition) is 3. The minimum atomic E-state index is -4.57. The number of hydrogen-bond donors (Lipinski definition) is 1. The Balaban J connectivity index is 1.88. The lowest BCUT2D eigenvalue weighted by molar-refractivity contribution is -0.137. The van der Waals surface area contributed by atoms with Crippen LogP contribution in [0.15, 0.2) is 54.6 Å². The van der Waals surface area contributed by atoms with Crippen molar-refractivity contribution in [2.75, 3.05) is 18.4 Å². The molecule has 0 saturated heterocycles. The van der Waals surface area contributed by atoms with Crippen molar-refractivity contribution in [2.24, 2.45) is 5.92 Å². The molecule has 2 aromatic carbocycles. The number of aromatic nitrogens is 2. The molecule has 0 aliphatic heterocycles. The van der Waals surface area contributed by atoms with Crippen LogP contribution < -0.4 is 5.32 Å². The molecular weight excluding hydrogens is 481 g/mol. The van der Waals surface area contributed by atoms with E-state index in [0.29, 0.717) is 5.82 Å². The lowest BCUT2D eigenvalue weighted by atomic mass is 9.92. The van der Waals surface area contributed by atoms with Crippen LogP contribution in [0.2, 0.25) is 0 Å². The third-order valence-corrected chi connectivity index (χ3v) is 5.67. The zero-order valence-electron chi connectivity index (χ0n) is 22.0. The Morgan fingerprint density at radius 1 is 1.03 bits per heavy atom. The predicted molar refractivity (Wildman–Crippen MR) is 138 cm³/mol. The maximum atomic E-state index is 13.2. The van der Waals surface area contributed by atoms with Crippen molar-refractivity contribution in [3.63, 3.8) is 0 Å². The number of carbonyl (C=O) groups is 2. The zero-order chi connectivity index (χ0) is 27.5. The maximum Gasteiger partial charge on any atom is 0.416 e. The molecule has 0 fully saturated rings. The summed E-state index contributed by atoms with van der Waals surface area (Å²) < 4.78 is 41.2. The number of amides is 2. The van der Waals surface area contributed by atoms with Crippen LogP contribution in [0.1, 0.15) is 61.8 Å². The Morgan fingerprint density at radius 3 is 2.24 bits per heavy atom. The third kappa shape index (κ3) is 7.21. The molecule has 3 rings (SSSR count). The number of anilines is 1. The standard InChI is InChI=1S/C28H33F3N4O2/c1-18(2)16-34(26(37)20-8-7-9-21(14-20)28(29,30)31)17-25(36)32-24-15-23(27(4,5)6)33-35(24)22-12-10-19(3)11-13-22/h7-15,18H,16-17H2,1-6H3,(H,32,36). The van der Waals surface area contributed by atoms with Crippen LogP contribution in [0.4, 0.5) is 19.0 Å². The van der Waals surface area contributed by atoms with Gasteiger partial charge in [0.05, 0.1) is 16.9 Å². The van der Waals surface area contributed by atoms with Gasteiger partial charge < -0.3 is 10.2 Å². The summed E-state index contributed by atoms with van der Waals surface area (Å²) in [5.74, 6) is -0.685. The highest BCUT2D eigenvalue weighted by atomic mass is 19.4. The van der Waals surface area contributed by atoms with E-state index in [-0.39, 0.29) is 30.0 Å². The van der Waals surface area contributed by atoms with Crippen molar-refractivity contribution in [3.8, 4) is 5.69 Å². The van der Waals surface area contributed by atoms with Gasteiger partial charge in [-0.3, -0.25) is 9.59 Å². The van der Waals surface area contributed by atoms with Crippen LogP contribution in [-0.4, -0.2) is 39.6 Å². The van der Waals surface area contributed by atoms with E-state index in [0.717, 1.165) is 29.1 Å². The Bertz CT molecular complexity index is 1260.